The largest absolute Gasteiger partial charge is 0.381 e. The molecule has 7 heteroatoms. The first kappa shape index (κ1) is 18.5. The highest BCUT2D eigenvalue weighted by Gasteiger charge is 2.17. The van der Waals surface area contributed by atoms with Gasteiger partial charge in [0.25, 0.3) is 0 Å². The van der Waals surface area contributed by atoms with Gasteiger partial charge >= 0.3 is 0 Å². The molecule has 2 aliphatic heterocycles. The fraction of sp³-hybridized carbons (Fsp3) is 0.455. The van der Waals surface area contributed by atoms with E-state index in [1.54, 1.807) is 6.33 Å². The van der Waals surface area contributed by atoms with Crippen LogP contribution in [0.1, 0.15) is 18.4 Å². The Kier molecular flexibility index (Phi) is 5.43. The minimum Gasteiger partial charge on any atom is -0.381 e. The number of aromatic nitrogens is 3. The minimum atomic E-state index is 0.402. The third-order valence-corrected chi connectivity index (χ3v) is 5.76. The second-order valence-corrected chi connectivity index (χ2v) is 7.78. The molecule has 0 spiro atoms. The van der Waals surface area contributed by atoms with E-state index >= 15 is 0 Å². The number of ether oxygens (including phenoxy) is 2. The summed E-state index contributed by atoms with van der Waals surface area (Å²) in [6, 6.07) is 11.3. The van der Waals surface area contributed by atoms with E-state index in [0.717, 1.165) is 87.0 Å². The third-order valence-electron chi connectivity index (χ3n) is 5.76. The molecule has 5 rings (SSSR count). The summed E-state index contributed by atoms with van der Waals surface area (Å²) in [6.45, 7) is 6.26. The monoisotopic (exact) mass is 393 g/mol. The maximum atomic E-state index is 5.46. The highest BCUT2D eigenvalue weighted by atomic mass is 16.5. The van der Waals surface area contributed by atoms with Crippen molar-refractivity contribution >= 4 is 16.9 Å². The van der Waals surface area contributed by atoms with E-state index in [2.05, 4.69) is 55.5 Å². The van der Waals surface area contributed by atoms with Crippen molar-refractivity contribution in [3.05, 3.63) is 42.2 Å². The van der Waals surface area contributed by atoms with E-state index < -0.39 is 0 Å². The van der Waals surface area contributed by atoms with Gasteiger partial charge in [0, 0.05) is 44.6 Å². The molecule has 2 saturated heterocycles. The lowest BCUT2D eigenvalue weighted by atomic mass is 10.1. The average molecular weight is 393 g/mol. The van der Waals surface area contributed by atoms with Crippen LogP contribution in [0, 0.1) is 0 Å². The molecule has 2 fully saturated rings. The van der Waals surface area contributed by atoms with Gasteiger partial charge in [0.15, 0.2) is 0 Å². The lowest BCUT2D eigenvalue weighted by Gasteiger charge is -2.26. The molecule has 3 aromatic rings. The van der Waals surface area contributed by atoms with Crippen molar-refractivity contribution in [3.63, 3.8) is 0 Å². The molecule has 0 bridgehead atoms. The summed E-state index contributed by atoms with van der Waals surface area (Å²) in [4.78, 5) is 14.8. The molecule has 0 amide bonds. The van der Waals surface area contributed by atoms with E-state index in [9.17, 15) is 0 Å². The molecule has 2 N–H and O–H groups in total. The minimum absolute atomic E-state index is 0.402. The van der Waals surface area contributed by atoms with Crippen molar-refractivity contribution < 1.29 is 9.47 Å². The second-order valence-electron chi connectivity index (χ2n) is 7.78. The Morgan fingerprint density at radius 2 is 1.76 bits per heavy atom. The van der Waals surface area contributed by atoms with Gasteiger partial charge in [-0.3, -0.25) is 4.90 Å². The van der Waals surface area contributed by atoms with Crippen LogP contribution in [-0.2, 0) is 16.0 Å². The van der Waals surface area contributed by atoms with E-state index in [4.69, 9.17) is 9.47 Å². The summed E-state index contributed by atoms with van der Waals surface area (Å²) < 4.78 is 10.9. The number of anilines is 1. The Morgan fingerprint density at radius 1 is 1.00 bits per heavy atom. The van der Waals surface area contributed by atoms with E-state index in [0.29, 0.717) is 6.04 Å². The van der Waals surface area contributed by atoms with Crippen molar-refractivity contribution in [2.75, 3.05) is 44.8 Å². The standard InChI is InChI=1S/C22H27N5O2/c1-3-17(4-2-16(1)14-27-7-11-29-12-8-27)20-13-19-21(23-15-24-22(19)26-20)25-18-5-9-28-10-6-18/h1-4,13,15,18H,5-12,14H2,(H2,23,24,25,26). The summed E-state index contributed by atoms with van der Waals surface area (Å²) in [7, 11) is 0. The Labute approximate surface area is 170 Å². The fourth-order valence-electron chi connectivity index (χ4n) is 4.05. The molecule has 7 nitrogen and oxygen atoms in total. The van der Waals surface area contributed by atoms with Crippen LogP contribution >= 0.6 is 0 Å². The van der Waals surface area contributed by atoms with Crippen molar-refractivity contribution in [2.45, 2.75) is 25.4 Å². The van der Waals surface area contributed by atoms with Crippen LogP contribution in [-0.4, -0.2) is 65.4 Å². The number of hydrogen-bond acceptors (Lipinski definition) is 6. The van der Waals surface area contributed by atoms with Crippen molar-refractivity contribution in [2.24, 2.45) is 0 Å². The highest BCUT2D eigenvalue weighted by molar-refractivity contribution is 5.91. The Bertz CT molecular complexity index is 943. The predicted octanol–water partition coefficient (Wildman–Crippen LogP) is 3.05. The molecule has 0 atom stereocenters. The van der Waals surface area contributed by atoms with Gasteiger partial charge in [-0.1, -0.05) is 24.3 Å². The van der Waals surface area contributed by atoms with Gasteiger partial charge < -0.3 is 19.8 Å². The second kappa shape index (κ2) is 8.49. The molecule has 0 saturated carbocycles. The van der Waals surface area contributed by atoms with Crippen LogP contribution in [0.25, 0.3) is 22.3 Å². The van der Waals surface area contributed by atoms with E-state index in [1.165, 1.54) is 5.56 Å². The Balaban J connectivity index is 1.34. The molecule has 2 aromatic heterocycles. The average Bonchev–Trinajstić information content (AvgIpc) is 3.21. The smallest absolute Gasteiger partial charge is 0.143 e. The van der Waals surface area contributed by atoms with E-state index in [1.807, 2.05) is 0 Å². The first-order valence-corrected chi connectivity index (χ1v) is 10.4. The molecule has 152 valence electrons. The summed E-state index contributed by atoms with van der Waals surface area (Å²) in [6.07, 6.45) is 3.64. The summed E-state index contributed by atoms with van der Waals surface area (Å²) in [5.41, 5.74) is 4.41. The molecule has 0 radical (unpaired) electrons. The number of H-pyrrole nitrogens is 1. The zero-order chi connectivity index (χ0) is 19.5. The van der Waals surface area contributed by atoms with Crippen LogP contribution in [0.3, 0.4) is 0 Å². The molecule has 0 unspecified atom stereocenters. The number of morpholine rings is 1. The number of benzene rings is 1. The van der Waals surface area contributed by atoms with Gasteiger partial charge in [0.05, 0.1) is 18.6 Å². The molecule has 4 heterocycles. The molecule has 1 aromatic carbocycles. The maximum absolute atomic E-state index is 5.46. The van der Waals surface area contributed by atoms with Gasteiger partial charge in [0.2, 0.25) is 0 Å². The Morgan fingerprint density at radius 3 is 2.55 bits per heavy atom. The molecule has 0 aliphatic carbocycles. The third kappa shape index (κ3) is 4.27. The van der Waals surface area contributed by atoms with Crippen molar-refractivity contribution in [1.82, 2.24) is 19.9 Å². The van der Waals surface area contributed by atoms with Gasteiger partial charge in [-0.2, -0.15) is 0 Å². The number of fused-ring (bicyclic) bond motifs is 1. The quantitative estimate of drug-likeness (QED) is 0.694. The predicted molar refractivity (Wildman–Crippen MR) is 113 cm³/mol. The van der Waals surface area contributed by atoms with Crippen LogP contribution in [0.4, 0.5) is 5.82 Å². The normalized spacial score (nSPS) is 18.9. The number of nitrogens with one attached hydrogen (secondary N) is 2. The molecular formula is C22H27N5O2. The van der Waals surface area contributed by atoms with Crippen LogP contribution in [0.15, 0.2) is 36.7 Å². The van der Waals surface area contributed by atoms with Gasteiger partial charge in [-0.15, -0.1) is 0 Å². The summed E-state index contributed by atoms with van der Waals surface area (Å²) in [5, 5.41) is 4.61. The van der Waals surface area contributed by atoms with E-state index in [-0.39, 0.29) is 0 Å². The van der Waals surface area contributed by atoms with Gasteiger partial charge in [-0.25, -0.2) is 9.97 Å². The topological polar surface area (TPSA) is 75.3 Å². The van der Waals surface area contributed by atoms with Gasteiger partial charge in [0.1, 0.15) is 17.8 Å². The highest BCUT2D eigenvalue weighted by Crippen LogP contribution is 2.28. The maximum Gasteiger partial charge on any atom is 0.143 e. The fourth-order valence-corrected chi connectivity index (χ4v) is 4.05. The SMILES string of the molecule is c1nc(NC2CCOCC2)c2cc(-c3ccc(CN4CCOCC4)cc3)[nH]c2n1. The van der Waals surface area contributed by atoms with Crippen LogP contribution in [0.2, 0.25) is 0 Å². The summed E-state index contributed by atoms with van der Waals surface area (Å²) in [5.74, 6) is 0.897. The van der Waals surface area contributed by atoms with Crippen LogP contribution < -0.4 is 5.32 Å². The van der Waals surface area contributed by atoms with Crippen molar-refractivity contribution in [3.8, 4) is 11.3 Å². The zero-order valence-corrected chi connectivity index (χ0v) is 16.6. The Hall–Kier alpha value is -2.48. The summed E-state index contributed by atoms with van der Waals surface area (Å²) >= 11 is 0. The number of rotatable bonds is 5. The number of nitrogens with zero attached hydrogens (tertiary/aromatic N) is 3. The lowest BCUT2D eigenvalue weighted by Crippen LogP contribution is -2.35. The first-order chi connectivity index (χ1) is 14.3. The number of hydrogen-bond donors (Lipinski definition) is 2. The molecular weight excluding hydrogens is 366 g/mol. The molecule has 2 aliphatic rings. The zero-order valence-electron chi connectivity index (χ0n) is 16.6. The van der Waals surface area contributed by atoms with Crippen LogP contribution in [0.5, 0.6) is 0 Å². The lowest BCUT2D eigenvalue weighted by molar-refractivity contribution is 0.0342. The first-order valence-electron chi connectivity index (χ1n) is 10.4. The number of aromatic amines is 1. The van der Waals surface area contributed by atoms with Crippen molar-refractivity contribution in [1.29, 1.82) is 0 Å². The molecule has 29 heavy (non-hydrogen) atoms. The van der Waals surface area contributed by atoms with Gasteiger partial charge in [-0.05, 0) is 30.0 Å².